The first kappa shape index (κ1) is 18.4. The van der Waals surface area contributed by atoms with Crippen molar-refractivity contribution in [2.45, 2.75) is 24.2 Å². The number of piperidine rings is 1. The van der Waals surface area contributed by atoms with Crippen molar-refractivity contribution >= 4 is 33.4 Å². The molecule has 0 unspecified atom stereocenters. The van der Waals surface area contributed by atoms with E-state index in [2.05, 4.69) is 5.32 Å². The highest BCUT2D eigenvalue weighted by Gasteiger charge is 2.36. The Morgan fingerprint density at radius 3 is 2.36 bits per heavy atom. The van der Waals surface area contributed by atoms with Crippen molar-refractivity contribution in [3.05, 3.63) is 64.6 Å². The monoisotopic (exact) mass is 396 g/mol. The number of anilines is 1. The van der Waals surface area contributed by atoms with Crippen LogP contribution in [0.3, 0.4) is 0 Å². The van der Waals surface area contributed by atoms with E-state index in [0.717, 1.165) is 19.3 Å². The second-order valence-corrected chi connectivity index (χ2v) is 8.82. The molecule has 0 aliphatic carbocycles. The van der Waals surface area contributed by atoms with Gasteiger partial charge in [0, 0.05) is 24.3 Å². The van der Waals surface area contributed by atoms with Gasteiger partial charge < -0.3 is 10.2 Å². The fourth-order valence-electron chi connectivity index (χ4n) is 3.54. The molecule has 2 amide bonds. The van der Waals surface area contributed by atoms with Crippen LogP contribution in [-0.4, -0.2) is 38.2 Å². The van der Waals surface area contributed by atoms with E-state index in [1.54, 1.807) is 41.3 Å². The van der Waals surface area contributed by atoms with Gasteiger partial charge in [0.1, 0.15) is 4.91 Å². The molecule has 0 aromatic heterocycles. The molecule has 2 aliphatic heterocycles. The van der Waals surface area contributed by atoms with Crippen molar-refractivity contribution in [1.82, 2.24) is 4.90 Å². The zero-order valence-electron chi connectivity index (χ0n) is 15.2. The van der Waals surface area contributed by atoms with Gasteiger partial charge in [0.25, 0.3) is 11.8 Å². The quantitative estimate of drug-likeness (QED) is 0.864. The van der Waals surface area contributed by atoms with E-state index in [0.29, 0.717) is 29.9 Å². The average Bonchev–Trinajstić information content (AvgIpc) is 2.99. The third-order valence-electron chi connectivity index (χ3n) is 5.02. The second kappa shape index (κ2) is 7.24. The molecule has 0 bridgehead atoms. The van der Waals surface area contributed by atoms with Crippen LogP contribution in [0.15, 0.2) is 58.3 Å². The summed E-state index contributed by atoms with van der Waals surface area (Å²) in [6.07, 6.45) is 4.25. The molecule has 2 aromatic carbocycles. The average molecular weight is 396 g/mol. The lowest BCUT2D eigenvalue weighted by molar-refractivity contribution is -0.127. The number of nitrogens with one attached hydrogen (secondary N) is 1. The van der Waals surface area contributed by atoms with Gasteiger partial charge in [-0.25, -0.2) is 8.42 Å². The number of benzene rings is 2. The Hall–Kier alpha value is -2.93. The van der Waals surface area contributed by atoms with Gasteiger partial charge in [-0.3, -0.25) is 9.59 Å². The first-order valence-electron chi connectivity index (χ1n) is 9.23. The van der Waals surface area contributed by atoms with Gasteiger partial charge >= 0.3 is 0 Å². The summed E-state index contributed by atoms with van der Waals surface area (Å²) in [5, 5.41) is 2.76. The lowest BCUT2D eigenvalue weighted by Crippen LogP contribution is -2.37. The smallest absolute Gasteiger partial charge is 0.265 e. The summed E-state index contributed by atoms with van der Waals surface area (Å²) in [7, 11) is -3.84. The van der Waals surface area contributed by atoms with Crippen LogP contribution >= 0.6 is 0 Å². The number of carbonyl (C=O) groups is 2. The lowest BCUT2D eigenvalue weighted by atomic mass is 10.1. The van der Waals surface area contributed by atoms with Crippen LogP contribution in [0, 0.1) is 0 Å². The maximum atomic E-state index is 12.8. The topological polar surface area (TPSA) is 83.6 Å². The fourth-order valence-corrected chi connectivity index (χ4v) is 5.10. The van der Waals surface area contributed by atoms with E-state index in [4.69, 9.17) is 0 Å². The molecular weight excluding hydrogens is 376 g/mol. The zero-order chi connectivity index (χ0) is 19.7. The normalized spacial score (nSPS) is 17.6. The molecule has 1 N–H and O–H groups in total. The Balaban J connectivity index is 1.60. The lowest BCUT2D eigenvalue weighted by Gasteiger charge is -2.26. The molecule has 1 saturated heterocycles. The number of hydrogen-bond acceptors (Lipinski definition) is 4. The number of amides is 2. The van der Waals surface area contributed by atoms with Gasteiger partial charge in [-0.15, -0.1) is 0 Å². The molecule has 2 heterocycles. The van der Waals surface area contributed by atoms with Crippen LogP contribution in [0.25, 0.3) is 6.08 Å². The van der Waals surface area contributed by atoms with Crippen molar-refractivity contribution in [3.63, 3.8) is 0 Å². The predicted octanol–water partition coefficient (Wildman–Crippen LogP) is 3.08. The Morgan fingerprint density at radius 2 is 1.64 bits per heavy atom. The minimum Gasteiger partial charge on any atom is -0.338 e. The molecule has 7 heteroatoms. The Labute approximate surface area is 163 Å². The fraction of sp³-hybridized carbons (Fsp3) is 0.238. The van der Waals surface area contributed by atoms with E-state index < -0.39 is 15.7 Å². The van der Waals surface area contributed by atoms with Crippen molar-refractivity contribution in [3.8, 4) is 0 Å². The molecule has 1 fully saturated rings. The number of likely N-dealkylation sites (tertiary alicyclic amines) is 1. The van der Waals surface area contributed by atoms with E-state index in [1.165, 1.54) is 12.1 Å². The number of hydrogen-bond donors (Lipinski definition) is 1. The van der Waals surface area contributed by atoms with Crippen molar-refractivity contribution < 1.29 is 18.0 Å². The molecular formula is C21H20N2O4S. The van der Waals surface area contributed by atoms with Crippen LogP contribution in [0.4, 0.5) is 5.69 Å². The van der Waals surface area contributed by atoms with Gasteiger partial charge in [0.05, 0.1) is 4.90 Å². The van der Waals surface area contributed by atoms with Gasteiger partial charge in [0.2, 0.25) is 9.84 Å². The molecule has 144 valence electrons. The maximum absolute atomic E-state index is 12.8. The summed E-state index contributed by atoms with van der Waals surface area (Å²) in [5.41, 5.74) is 1.41. The van der Waals surface area contributed by atoms with Crippen LogP contribution in [0.1, 0.15) is 35.2 Å². The molecule has 0 saturated carbocycles. The molecule has 0 radical (unpaired) electrons. The molecule has 2 aromatic rings. The molecule has 2 aliphatic rings. The van der Waals surface area contributed by atoms with E-state index in [1.807, 2.05) is 6.07 Å². The molecule has 4 rings (SSSR count). The first-order valence-corrected chi connectivity index (χ1v) is 10.7. The van der Waals surface area contributed by atoms with E-state index in [9.17, 15) is 18.0 Å². The summed E-state index contributed by atoms with van der Waals surface area (Å²) in [4.78, 5) is 26.6. The summed E-state index contributed by atoms with van der Waals surface area (Å²) < 4.78 is 25.6. The Bertz CT molecular complexity index is 1070. The standard InChI is InChI=1S/C21H20N2O4S/c24-20(15-7-3-1-4-8-15)22-17-9-10-18-16(13-17)14-19(28(18,26)27)21(25)23-11-5-2-6-12-23/h1,3-4,7-10,13-14H,2,5-6,11-12H2,(H,22,24). The van der Waals surface area contributed by atoms with Crippen molar-refractivity contribution in [2.24, 2.45) is 0 Å². The van der Waals surface area contributed by atoms with Crippen LogP contribution in [0.2, 0.25) is 0 Å². The Morgan fingerprint density at radius 1 is 0.929 bits per heavy atom. The van der Waals surface area contributed by atoms with E-state index in [-0.39, 0.29) is 15.7 Å². The third kappa shape index (κ3) is 3.33. The Kier molecular flexibility index (Phi) is 4.77. The van der Waals surface area contributed by atoms with Gasteiger partial charge in [-0.05, 0) is 61.2 Å². The highest BCUT2D eigenvalue weighted by atomic mass is 32.2. The molecule has 0 spiro atoms. The SMILES string of the molecule is O=C(Nc1ccc2c(c1)C=C(C(=O)N1CCCCC1)S2(=O)=O)c1ccccc1. The number of carbonyl (C=O) groups excluding carboxylic acids is 2. The van der Waals surface area contributed by atoms with Gasteiger partial charge in [-0.1, -0.05) is 18.2 Å². The van der Waals surface area contributed by atoms with Gasteiger partial charge in [0.15, 0.2) is 0 Å². The summed E-state index contributed by atoms with van der Waals surface area (Å²) in [6, 6.07) is 13.3. The summed E-state index contributed by atoms with van der Waals surface area (Å²) in [6.45, 7) is 1.17. The highest BCUT2D eigenvalue weighted by molar-refractivity contribution is 7.96. The van der Waals surface area contributed by atoms with Crippen LogP contribution < -0.4 is 5.32 Å². The highest BCUT2D eigenvalue weighted by Crippen LogP contribution is 2.35. The third-order valence-corrected chi connectivity index (χ3v) is 6.85. The van der Waals surface area contributed by atoms with Crippen molar-refractivity contribution in [2.75, 3.05) is 18.4 Å². The summed E-state index contributed by atoms with van der Waals surface area (Å²) in [5.74, 6) is -0.722. The molecule has 0 atom stereocenters. The van der Waals surface area contributed by atoms with Crippen LogP contribution in [0.5, 0.6) is 0 Å². The van der Waals surface area contributed by atoms with Crippen molar-refractivity contribution in [1.29, 1.82) is 0 Å². The first-order chi connectivity index (χ1) is 13.5. The molecule has 6 nitrogen and oxygen atoms in total. The predicted molar refractivity (Wildman–Crippen MR) is 106 cm³/mol. The number of nitrogens with zero attached hydrogens (tertiary/aromatic N) is 1. The zero-order valence-corrected chi connectivity index (χ0v) is 16.0. The number of sulfone groups is 1. The van der Waals surface area contributed by atoms with Gasteiger partial charge in [-0.2, -0.15) is 0 Å². The summed E-state index contributed by atoms with van der Waals surface area (Å²) >= 11 is 0. The minimum absolute atomic E-state index is 0.102. The van der Waals surface area contributed by atoms with Crippen LogP contribution in [-0.2, 0) is 14.6 Å². The largest absolute Gasteiger partial charge is 0.338 e. The molecule has 28 heavy (non-hydrogen) atoms. The second-order valence-electron chi connectivity index (χ2n) is 6.94. The van der Waals surface area contributed by atoms with E-state index >= 15 is 0 Å². The minimum atomic E-state index is -3.84. The number of rotatable bonds is 3. The number of fused-ring (bicyclic) bond motifs is 1. The maximum Gasteiger partial charge on any atom is 0.265 e.